The number of aryl methyl sites for hydroxylation is 1. The zero-order valence-electron chi connectivity index (χ0n) is 8.68. The Morgan fingerprint density at radius 2 is 2.14 bits per heavy atom. The molecule has 2 unspecified atom stereocenters. The molecule has 14 heavy (non-hydrogen) atoms. The van der Waals surface area contributed by atoms with Gasteiger partial charge in [0.05, 0.1) is 0 Å². The van der Waals surface area contributed by atoms with Crippen LogP contribution >= 0.6 is 0 Å². The second-order valence-corrected chi connectivity index (χ2v) is 4.37. The van der Waals surface area contributed by atoms with E-state index >= 15 is 0 Å². The molecule has 2 rings (SSSR count). The third-order valence-electron chi connectivity index (χ3n) is 2.89. The molecule has 76 valence electrons. The van der Waals surface area contributed by atoms with Crippen molar-refractivity contribution < 1.29 is 4.39 Å². The second-order valence-electron chi connectivity index (χ2n) is 4.37. The molecule has 0 aromatic heterocycles. The maximum atomic E-state index is 13.0. The van der Waals surface area contributed by atoms with Gasteiger partial charge >= 0.3 is 0 Å². The summed E-state index contributed by atoms with van der Waals surface area (Å²) in [5, 5.41) is 3.28. The van der Waals surface area contributed by atoms with Crippen LogP contribution in [0.2, 0.25) is 0 Å². The predicted octanol–water partition coefficient (Wildman–Crippen LogP) is 3.20. The first-order valence-corrected chi connectivity index (χ1v) is 5.16. The summed E-state index contributed by atoms with van der Waals surface area (Å²) < 4.78 is 13.0. The molecule has 1 N–H and O–H groups in total. The van der Waals surface area contributed by atoms with Crippen molar-refractivity contribution in [3.05, 3.63) is 29.6 Å². The second kappa shape index (κ2) is 3.60. The highest BCUT2D eigenvalue weighted by molar-refractivity contribution is 5.46. The van der Waals surface area contributed by atoms with Crippen LogP contribution in [0.15, 0.2) is 18.2 Å². The van der Waals surface area contributed by atoms with Crippen LogP contribution in [0, 0.1) is 24.6 Å². The molecular formula is C12H16FN. The SMILES string of the molecule is Cc1cc(F)cc(NCC2CC2C)c1. The van der Waals surface area contributed by atoms with Crippen LogP contribution in [0.5, 0.6) is 0 Å². The minimum atomic E-state index is -0.156. The molecule has 0 aliphatic heterocycles. The van der Waals surface area contributed by atoms with E-state index in [0.29, 0.717) is 0 Å². The van der Waals surface area contributed by atoms with Gasteiger partial charge in [0, 0.05) is 12.2 Å². The zero-order valence-corrected chi connectivity index (χ0v) is 8.68. The first-order valence-electron chi connectivity index (χ1n) is 5.16. The van der Waals surface area contributed by atoms with Gasteiger partial charge in [-0.05, 0) is 48.9 Å². The summed E-state index contributed by atoms with van der Waals surface area (Å²) in [7, 11) is 0. The van der Waals surface area contributed by atoms with Crippen LogP contribution in [0.4, 0.5) is 10.1 Å². The van der Waals surface area contributed by atoms with Crippen LogP contribution in [-0.2, 0) is 0 Å². The maximum absolute atomic E-state index is 13.0. The monoisotopic (exact) mass is 193 g/mol. The minimum absolute atomic E-state index is 0.156. The third-order valence-corrected chi connectivity index (χ3v) is 2.89. The Kier molecular flexibility index (Phi) is 2.44. The van der Waals surface area contributed by atoms with Crippen LogP contribution in [0.25, 0.3) is 0 Å². The largest absolute Gasteiger partial charge is 0.385 e. The van der Waals surface area contributed by atoms with E-state index in [2.05, 4.69) is 12.2 Å². The molecule has 0 radical (unpaired) electrons. The van der Waals surface area contributed by atoms with Gasteiger partial charge < -0.3 is 5.32 Å². The molecule has 1 saturated carbocycles. The van der Waals surface area contributed by atoms with Crippen molar-refractivity contribution in [1.82, 2.24) is 0 Å². The fraction of sp³-hybridized carbons (Fsp3) is 0.500. The smallest absolute Gasteiger partial charge is 0.125 e. The fourth-order valence-electron chi connectivity index (χ4n) is 1.77. The third kappa shape index (κ3) is 2.25. The van der Waals surface area contributed by atoms with E-state index in [1.54, 1.807) is 12.1 Å². The normalized spacial score (nSPS) is 24.8. The molecule has 1 nitrogen and oxygen atoms in total. The Morgan fingerprint density at radius 1 is 1.43 bits per heavy atom. The fourth-order valence-corrected chi connectivity index (χ4v) is 1.77. The number of hydrogen-bond acceptors (Lipinski definition) is 1. The highest BCUT2D eigenvalue weighted by atomic mass is 19.1. The molecule has 1 aliphatic rings. The summed E-state index contributed by atoms with van der Waals surface area (Å²) in [6.07, 6.45) is 1.31. The van der Waals surface area contributed by atoms with E-state index < -0.39 is 0 Å². The van der Waals surface area contributed by atoms with E-state index in [1.807, 2.05) is 13.0 Å². The molecule has 0 heterocycles. The lowest BCUT2D eigenvalue weighted by molar-refractivity contribution is 0.627. The Hall–Kier alpha value is -1.05. The van der Waals surface area contributed by atoms with Crippen LogP contribution in [0.1, 0.15) is 18.9 Å². The quantitative estimate of drug-likeness (QED) is 0.777. The van der Waals surface area contributed by atoms with Gasteiger partial charge in [-0.2, -0.15) is 0 Å². The summed E-state index contributed by atoms with van der Waals surface area (Å²) >= 11 is 0. The highest BCUT2D eigenvalue weighted by Crippen LogP contribution is 2.37. The van der Waals surface area contributed by atoms with Crippen molar-refractivity contribution in [2.24, 2.45) is 11.8 Å². The highest BCUT2D eigenvalue weighted by Gasteiger charge is 2.31. The van der Waals surface area contributed by atoms with Gasteiger partial charge in [-0.25, -0.2) is 4.39 Å². The Labute approximate surface area is 84.3 Å². The van der Waals surface area contributed by atoms with Crippen molar-refractivity contribution >= 4 is 5.69 Å². The molecule has 0 saturated heterocycles. The first kappa shape index (κ1) is 9.50. The Balaban J connectivity index is 1.95. The lowest BCUT2D eigenvalue weighted by atomic mass is 10.2. The van der Waals surface area contributed by atoms with Crippen molar-refractivity contribution in [3.63, 3.8) is 0 Å². The summed E-state index contributed by atoms with van der Waals surface area (Å²) in [5.74, 6) is 1.48. The van der Waals surface area contributed by atoms with Crippen LogP contribution in [-0.4, -0.2) is 6.54 Å². The van der Waals surface area contributed by atoms with Gasteiger partial charge in [-0.1, -0.05) is 6.92 Å². The van der Waals surface area contributed by atoms with Gasteiger partial charge in [-0.15, -0.1) is 0 Å². The molecule has 0 spiro atoms. The van der Waals surface area contributed by atoms with Crippen LogP contribution in [0.3, 0.4) is 0 Å². The van der Waals surface area contributed by atoms with Crippen molar-refractivity contribution in [2.75, 3.05) is 11.9 Å². The number of benzene rings is 1. The molecule has 0 amide bonds. The van der Waals surface area contributed by atoms with Crippen LogP contribution < -0.4 is 5.32 Å². The molecule has 1 fully saturated rings. The summed E-state index contributed by atoms with van der Waals surface area (Å²) in [5.41, 5.74) is 1.87. The van der Waals surface area contributed by atoms with E-state index in [1.165, 1.54) is 6.42 Å². The predicted molar refractivity (Wildman–Crippen MR) is 56.9 cm³/mol. The van der Waals surface area contributed by atoms with E-state index in [0.717, 1.165) is 29.6 Å². The number of halogens is 1. The van der Waals surface area contributed by atoms with Crippen molar-refractivity contribution in [2.45, 2.75) is 20.3 Å². The van der Waals surface area contributed by atoms with Gasteiger partial charge in [0.25, 0.3) is 0 Å². The Bertz CT molecular complexity index is 315. The number of anilines is 1. The number of nitrogens with one attached hydrogen (secondary N) is 1. The summed E-state index contributed by atoms with van der Waals surface area (Å²) in [6, 6.07) is 5.08. The van der Waals surface area contributed by atoms with Gasteiger partial charge in [0.15, 0.2) is 0 Å². The molecule has 1 aromatic carbocycles. The summed E-state index contributed by atoms with van der Waals surface area (Å²) in [6.45, 7) is 5.14. The van der Waals surface area contributed by atoms with Gasteiger partial charge in [0.2, 0.25) is 0 Å². The molecule has 0 bridgehead atoms. The van der Waals surface area contributed by atoms with Crippen molar-refractivity contribution in [3.8, 4) is 0 Å². The topological polar surface area (TPSA) is 12.0 Å². The zero-order chi connectivity index (χ0) is 10.1. The van der Waals surface area contributed by atoms with Gasteiger partial charge in [0.1, 0.15) is 5.82 Å². The molecule has 1 aromatic rings. The lowest BCUT2D eigenvalue weighted by Crippen LogP contribution is -2.04. The summed E-state index contributed by atoms with van der Waals surface area (Å²) in [4.78, 5) is 0. The molecule has 1 aliphatic carbocycles. The molecule has 2 atom stereocenters. The van der Waals surface area contributed by atoms with E-state index in [9.17, 15) is 4.39 Å². The molecular weight excluding hydrogens is 177 g/mol. The average molecular weight is 193 g/mol. The Morgan fingerprint density at radius 3 is 2.71 bits per heavy atom. The average Bonchev–Trinajstić information content (AvgIpc) is 2.77. The first-order chi connectivity index (χ1) is 6.65. The number of hydrogen-bond donors (Lipinski definition) is 1. The van der Waals surface area contributed by atoms with E-state index in [-0.39, 0.29) is 5.82 Å². The standard InChI is InChI=1S/C12H16FN/c1-8-3-11(13)6-12(4-8)14-7-10-5-9(10)2/h3-4,6,9-10,14H,5,7H2,1-2H3. The lowest BCUT2D eigenvalue weighted by Gasteiger charge is -2.06. The number of rotatable bonds is 3. The van der Waals surface area contributed by atoms with E-state index in [4.69, 9.17) is 0 Å². The van der Waals surface area contributed by atoms with Gasteiger partial charge in [-0.3, -0.25) is 0 Å². The maximum Gasteiger partial charge on any atom is 0.125 e. The molecule has 2 heteroatoms. The van der Waals surface area contributed by atoms with Crippen molar-refractivity contribution in [1.29, 1.82) is 0 Å². The minimum Gasteiger partial charge on any atom is -0.385 e.